The molecule has 46 valence electrons. The molecule has 1 heteroatoms. The highest BCUT2D eigenvalue weighted by molar-refractivity contribution is 4.94. The molecule has 1 nitrogen and oxygen atoms in total. The molecular weight excluding hydrogens is 100 g/mol. The number of aliphatic hydroxyl groups excluding tert-OH is 1. The van der Waals surface area contributed by atoms with Gasteiger partial charge in [0.25, 0.3) is 0 Å². The molecule has 0 aromatic rings. The van der Waals surface area contributed by atoms with Gasteiger partial charge in [-0.1, -0.05) is 6.42 Å². The largest absolute Gasteiger partial charge is 0.393 e. The van der Waals surface area contributed by atoms with Crippen LogP contribution in [-0.4, -0.2) is 11.2 Å². The number of aliphatic hydroxyl groups is 1. The molecule has 2 rings (SSSR count). The number of hydrogen-bond donors (Lipinski definition) is 1. The second kappa shape index (κ2) is 1.47. The third-order valence-electron chi connectivity index (χ3n) is 2.55. The Morgan fingerprint density at radius 3 is 2.75 bits per heavy atom. The first-order valence-electron chi connectivity index (χ1n) is 3.56. The smallest absolute Gasteiger partial charge is 0.0571 e. The Balaban J connectivity index is 1.99. The normalized spacial score (nSPS) is 52.9. The summed E-state index contributed by atoms with van der Waals surface area (Å²) in [5, 5.41) is 9.22. The van der Waals surface area contributed by atoms with E-state index in [1.54, 1.807) is 0 Å². The summed E-state index contributed by atoms with van der Waals surface area (Å²) in [6.07, 6.45) is 5.13. The minimum absolute atomic E-state index is 0.0775. The van der Waals surface area contributed by atoms with Crippen molar-refractivity contribution in [3.63, 3.8) is 0 Å². The molecule has 1 N–H and O–H groups in total. The molecule has 0 aromatic heterocycles. The van der Waals surface area contributed by atoms with Crippen LogP contribution in [0.25, 0.3) is 0 Å². The van der Waals surface area contributed by atoms with Crippen LogP contribution in [0.15, 0.2) is 0 Å². The van der Waals surface area contributed by atoms with Crippen LogP contribution in [0.4, 0.5) is 0 Å². The van der Waals surface area contributed by atoms with Crippen molar-refractivity contribution in [2.75, 3.05) is 0 Å². The van der Waals surface area contributed by atoms with Crippen LogP contribution in [0.5, 0.6) is 0 Å². The topological polar surface area (TPSA) is 20.2 Å². The fourth-order valence-electron chi connectivity index (χ4n) is 1.88. The average molecular weight is 112 g/mol. The van der Waals surface area contributed by atoms with E-state index >= 15 is 0 Å². The molecule has 0 aromatic carbocycles. The molecule has 2 saturated carbocycles. The van der Waals surface area contributed by atoms with Gasteiger partial charge in [0.1, 0.15) is 0 Å². The molecule has 2 fully saturated rings. The summed E-state index contributed by atoms with van der Waals surface area (Å²) < 4.78 is 0. The van der Waals surface area contributed by atoms with E-state index in [4.69, 9.17) is 0 Å². The van der Waals surface area contributed by atoms with E-state index in [0.717, 1.165) is 18.3 Å². The van der Waals surface area contributed by atoms with Gasteiger partial charge in [0.15, 0.2) is 0 Å². The van der Waals surface area contributed by atoms with E-state index in [1.807, 2.05) is 0 Å². The van der Waals surface area contributed by atoms with Gasteiger partial charge in [-0.3, -0.25) is 0 Å². The summed E-state index contributed by atoms with van der Waals surface area (Å²) in [6, 6.07) is 0. The van der Waals surface area contributed by atoms with Gasteiger partial charge >= 0.3 is 0 Å². The second-order valence-corrected chi connectivity index (χ2v) is 3.16. The molecule has 8 heavy (non-hydrogen) atoms. The van der Waals surface area contributed by atoms with Gasteiger partial charge in [-0.25, -0.2) is 0 Å². The SMILES string of the molecule is O[C@H]1CCC[C@H]2C[C@@H]21. The lowest BCUT2D eigenvalue weighted by Gasteiger charge is -2.14. The highest BCUT2D eigenvalue weighted by Crippen LogP contribution is 2.49. The maximum absolute atomic E-state index is 9.22. The van der Waals surface area contributed by atoms with E-state index < -0.39 is 0 Å². The minimum Gasteiger partial charge on any atom is -0.393 e. The Morgan fingerprint density at radius 1 is 1.25 bits per heavy atom. The highest BCUT2D eigenvalue weighted by atomic mass is 16.3. The van der Waals surface area contributed by atoms with E-state index in [-0.39, 0.29) is 6.10 Å². The van der Waals surface area contributed by atoms with Crippen molar-refractivity contribution < 1.29 is 5.11 Å². The second-order valence-electron chi connectivity index (χ2n) is 3.16. The fourth-order valence-corrected chi connectivity index (χ4v) is 1.88. The lowest BCUT2D eigenvalue weighted by atomic mass is 9.98. The summed E-state index contributed by atoms with van der Waals surface area (Å²) in [4.78, 5) is 0. The van der Waals surface area contributed by atoms with Crippen LogP contribution in [0, 0.1) is 11.8 Å². The summed E-state index contributed by atoms with van der Waals surface area (Å²) >= 11 is 0. The molecular formula is C7H12O. The molecule has 0 radical (unpaired) electrons. The average Bonchev–Trinajstić information content (AvgIpc) is 2.45. The summed E-state index contributed by atoms with van der Waals surface area (Å²) in [6.45, 7) is 0. The standard InChI is InChI=1S/C7H12O/c8-7-3-1-2-5-4-6(5)7/h5-8H,1-4H2/t5-,6-,7-/m0/s1. The van der Waals surface area contributed by atoms with Crippen molar-refractivity contribution in [2.24, 2.45) is 11.8 Å². The van der Waals surface area contributed by atoms with E-state index in [2.05, 4.69) is 0 Å². The Hall–Kier alpha value is -0.0400. The van der Waals surface area contributed by atoms with E-state index in [1.165, 1.54) is 19.3 Å². The zero-order valence-electron chi connectivity index (χ0n) is 5.01. The molecule has 0 bridgehead atoms. The number of hydrogen-bond acceptors (Lipinski definition) is 1. The fraction of sp³-hybridized carbons (Fsp3) is 1.00. The number of rotatable bonds is 0. The third-order valence-corrected chi connectivity index (χ3v) is 2.55. The van der Waals surface area contributed by atoms with E-state index in [9.17, 15) is 5.11 Å². The van der Waals surface area contributed by atoms with Crippen LogP contribution in [0.3, 0.4) is 0 Å². The Bertz CT molecular complexity index is 101. The molecule has 0 amide bonds. The molecule has 3 atom stereocenters. The zero-order chi connectivity index (χ0) is 5.56. The molecule has 2 aliphatic carbocycles. The van der Waals surface area contributed by atoms with Crippen LogP contribution >= 0.6 is 0 Å². The van der Waals surface area contributed by atoms with Crippen molar-refractivity contribution in [1.29, 1.82) is 0 Å². The van der Waals surface area contributed by atoms with Crippen LogP contribution in [-0.2, 0) is 0 Å². The zero-order valence-corrected chi connectivity index (χ0v) is 5.01. The predicted molar refractivity (Wildman–Crippen MR) is 31.5 cm³/mol. The summed E-state index contributed by atoms with van der Waals surface area (Å²) in [5.74, 6) is 1.66. The van der Waals surface area contributed by atoms with Crippen LogP contribution in [0.2, 0.25) is 0 Å². The van der Waals surface area contributed by atoms with E-state index in [0.29, 0.717) is 0 Å². The molecule has 0 spiro atoms. The van der Waals surface area contributed by atoms with Crippen LogP contribution < -0.4 is 0 Å². The summed E-state index contributed by atoms with van der Waals surface area (Å²) in [5.41, 5.74) is 0. The lowest BCUT2D eigenvalue weighted by molar-refractivity contribution is 0.116. The molecule has 0 heterocycles. The van der Waals surface area contributed by atoms with Gasteiger partial charge in [0, 0.05) is 0 Å². The number of fused-ring (bicyclic) bond motifs is 1. The van der Waals surface area contributed by atoms with Gasteiger partial charge in [-0.05, 0) is 31.1 Å². The van der Waals surface area contributed by atoms with Gasteiger partial charge in [0.2, 0.25) is 0 Å². The Kier molecular flexibility index (Phi) is 0.884. The van der Waals surface area contributed by atoms with Gasteiger partial charge in [-0.15, -0.1) is 0 Å². The van der Waals surface area contributed by atoms with Crippen molar-refractivity contribution in [3.8, 4) is 0 Å². The van der Waals surface area contributed by atoms with Crippen molar-refractivity contribution in [3.05, 3.63) is 0 Å². The minimum atomic E-state index is 0.0775. The van der Waals surface area contributed by atoms with Gasteiger partial charge in [0.05, 0.1) is 6.10 Å². The Labute approximate surface area is 49.7 Å². The maximum Gasteiger partial charge on any atom is 0.0571 e. The first-order chi connectivity index (χ1) is 3.88. The van der Waals surface area contributed by atoms with Gasteiger partial charge in [-0.2, -0.15) is 0 Å². The van der Waals surface area contributed by atoms with Crippen LogP contribution in [0.1, 0.15) is 25.7 Å². The third kappa shape index (κ3) is 0.576. The predicted octanol–water partition coefficient (Wildman–Crippen LogP) is 1.17. The molecule has 0 aliphatic heterocycles. The van der Waals surface area contributed by atoms with Crippen molar-refractivity contribution >= 4 is 0 Å². The molecule has 0 unspecified atom stereocenters. The monoisotopic (exact) mass is 112 g/mol. The first-order valence-corrected chi connectivity index (χ1v) is 3.56. The van der Waals surface area contributed by atoms with Crippen molar-refractivity contribution in [2.45, 2.75) is 31.8 Å². The van der Waals surface area contributed by atoms with Gasteiger partial charge < -0.3 is 5.11 Å². The molecule has 2 aliphatic rings. The highest BCUT2D eigenvalue weighted by Gasteiger charge is 2.44. The maximum atomic E-state index is 9.22. The summed E-state index contributed by atoms with van der Waals surface area (Å²) in [7, 11) is 0. The Morgan fingerprint density at radius 2 is 2.12 bits per heavy atom. The first kappa shape index (κ1) is 4.80. The van der Waals surface area contributed by atoms with Crippen molar-refractivity contribution in [1.82, 2.24) is 0 Å². The molecule has 0 saturated heterocycles. The quantitative estimate of drug-likeness (QED) is 0.498. The lowest BCUT2D eigenvalue weighted by Crippen LogP contribution is -2.14.